The summed E-state index contributed by atoms with van der Waals surface area (Å²) in [5.41, 5.74) is 15.3. The van der Waals surface area contributed by atoms with Crippen LogP contribution in [0.5, 0.6) is 0 Å². The van der Waals surface area contributed by atoms with Crippen LogP contribution in [0.25, 0.3) is 44.0 Å². The maximum atomic E-state index is 9.26. The van der Waals surface area contributed by atoms with E-state index in [4.69, 9.17) is 10.2 Å². The zero-order chi connectivity index (χ0) is 23.1. The van der Waals surface area contributed by atoms with E-state index >= 15 is 0 Å². The molecule has 0 unspecified atom stereocenters. The van der Waals surface area contributed by atoms with Gasteiger partial charge >= 0.3 is 0 Å². The molecule has 4 nitrogen and oxygen atoms in total. The third kappa shape index (κ3) is 3.35. The first-order valence-corrected chi connectivity index (χ1v) is 11.5. The Morgan fingerprint density at radius 2 is 1.71 bits per heavy atom. The van der Waals surface area contributed by atoms with Crippen molar-refractivity contribution in [2.45, 2.75) is 12.8 Å². The minimum atomic E-state index is 0.571. The van der Waals surface area contributed by atoms with Gasteiger partial charge in [0.2, 0.25) is 0 Å². The lowest BCUT2D eigenvalue weighted by Gasteiger charge is -2.06. The van der Waals surface area contributed by atoms with Gasteiger partial charge in [-0.1, -0.05) is 54.6 Å². The number of hydrogen-bond acceptors (Lipinski definition) is 3. The molecule has 0 aliphatic rings. The Labute approximate surface area is 197 Å². The fraction of sp³-hybridized carbons (Fsp3) is 0.100. The van der Waals surface area contributed by atoms with E-state index in [0.29, 0.717) is 12.1 Å². The van der Waals surface area contributed by atoms with Gasteiger partial charge in [-0.15, -0.1) is 0 Å². The van der Waals surface area contributed by atoms with Crippen LogP contribution < -0.4 is 5.73 Å². The minimum absolute atomic E-state index is 0.571. The second-order valence-electron chi connectivity index (χ2n) is 8.65. The molecule has 0 amide bonds. The third-order valence-electron chi connectivity index (χ3n) is 6.54. The predicted octanol–water partition coefficient (Wildman–Crippen LogP) is 6.70. The second-order valence-corrected chi connectivity index (χ2v) is 8.65. The molecular weight excluding hydrogens is 418 g/mol. The number of fused-ring (bicyclic) bond motifs is 4. The molecule has 2 aromatic heterocycles. The molecule has 0 saturated carbocycles. The van der Waals surface area contributed by atoms with E-state index in [-0.39, 0.29) is 0 Å². The van der Waals surface area contributed by atoms with Gasteiger partial charge in [0.25, 0.3) is 0 Å². The molecule has 0 aliphatic heterocycles. The summed E-state index contributed by atoms with van der Waals surface area (Å²) in [6, 6.07) is 31.0. The highest BCUT2D eigenvalue weighted by atomic mass is 16.3. The first-order chi connectivity index (χ1) is 16.7. The SMILES string of the molecule is N#Cc1cccc(Cc2[nH]c3ccc(-c4cccc5c4oc4ccccc45)cc3c2CCN)c1. The minimum Gasteiger partial charge on any atom is -0.455 e. The number of furan rings is 1. The number of hydrogen-bond donors (Lipinski definition) is 2. The number of nitrogens with one attached hydrogen (secondary N) is 1. The Bertz CT molecular complexity index is 1710. The van der Waals surface area contributed by atoms with Gasteiger partial charge < -0.3 is 15.1 Å². The van der Waals surface area contributed by atoms with Crippen molar-refractivity contribution in [2.75, 3.05) is 6.54 Å². The number of nitriles is 1. The molecular formula is C30H23N3O. The standard InChI is InChI=1S/C30H23N3O/c31-14-13-23-26-17-21(22-8-4-9-25-24-7-1-2-10-29(24)34-30(22)25)11-12-27(26)33-28(23)16-19-5-3-6-20(15-19)18-32/h1-12,15,17,33H,13-14,16,31H2. The number of nitrogens with zero attached hydrogens (tertiary/aromatic N) is 1. The molecule has 0 spiro atoms. The zero-order valence-electron chi connectivity index (χ0n) is 18.6. The molecule has 3 N–H and O–H groups in total. The monoisotopic (exact) mass is 441 g/mol. The van der Waals surface area contributed by atoms with Gasteiger partial charge in [0.15, 0.2) is 0 Å². The first-order valence-electron chi connectivity index (χ1n) is 11.5. The summed E-state index contributed by atoms with van der Waals surface area (Å²) in [6.45, 7) is 0.571. The predicted molar refractivity (Wildman–Crippen MR) is 138 cm³/mol. The summed E-state index contributed by atoms with van der Waals surface area (Å²) in [5.74, 6) is 0. The lowest BCUT2D eigenvalue weighted by molar-refractivity contribution is 0.670. The zero-order valence-corrected chi connectivity index (χ0v) is 18.6. The number of benzene rings is 4. The van der Waals surface area contributed by atoms with Crippen LogP contribution in [0, 0.1) is 11.3 Å². The lowest BCUT2D eigenvalue weighted by atomic mass is 9.97. The van der Waals surface area contributed by atoms with Crippen molar-refractivity contribution in [1.29, 1.82) is 5.26 Å². The second kappa shape index (κ2) is 8.22. The van der Waals surface area contributed by atoms with Crippen LogP contribution in [0.1, 0.15) is 22.4 Å². The molecule has 2 heterocycles. The molecule has 164 valence electrons. The van der Waals surface area contributed by atoms with Gasteiger partial charge in [-0.25, -0.2) is 0 Å². The van der Waals surface area contributed by atoms with Crippen molar-refractivity contribution >= 4 is 32.8 Å². The fourth-order valence-corrected chi connectivity index (χ4v) is 4.98. The van der Waals surface area contributed by atoms with Crippen LogP contribution in [0.15, 0.2) is 89.3 Å². The highest BCUT2D eigenvalue weighted by Gasteiger charge is 2.16. The maximum absolute atomic E-state index is 9.26. The average Bonchev–Trinajstić information content (AvgIpc) is 3.42. The number of para-hydroxylation sites is 2. The van der Waals surface area contributed by atoms with Crippen LogP contribution in [-0.4, -0.2) is 11.5 Å². The van der Waals surface area contributed by atoms with E-state index in [1.54, 1.807) is 0 Å². The van der Waals surface area contributed by atoms with Crippen LogP contribution in [0.3, 0.4) is 0 Å². The summed E-state index contributed by atoms with van der Waals surface area (Å²) in [5, 5.41) is 12.7. The van der Waals surface area contributed by atoms with Crippen molar-refractivity contribution in [3.8, 4) is 17.2 Å². The summed E-state index contributed by atoms with van der Waals surface area (Å²) in [6.07, 6.45) is 1.51. The molecule has 0 radical (unpaired) electrons. The van der Waals surface area contributed by atoms with Gasteiger partial charge in [-0.2, -0.15) is 5.26 Å². The normalized spacial score (nSPS) is 11.4. The van der Waals surface area contributed by atoms with E-state index < -0.39 is 0 Å². The van der Waals surface area contributed by atoms with Crippen LogP contribution >= 0.6 is 0 Å². The quantitative estimate of drug-likeness (QED) is 0.312. The van der Waals surface area contributed by atoms with Crippen molar-refractivity contribution in [2.24, 2.45) is 5.73 Å². The van der Waals surface area contributed by atoms with Crippen molar-refractivity contribution < 1.29 is 4.42 Å². The van der Waals surface area contributed by atoms with Gasteiger partial charge in [-0.05, 0) is 60.0 Å². The van der Waals surface area contributed by atoms with Crippen LogP contribution in [-0.2, 0) is 12.8 Å². The molecule has 4 heteroatoms. The summed E-state index contributed by atoms with van der Waals surface area (Å²) < 4.78 is 6.28. The average molecular weight is 442 g/mol. The highest BCUT2D eigenvalue weighted by molar-refractivity contribution is 6.10. The molecule has 0 atom stereocenters. The van der Waals surface area contributed by atoms with E-state index in [9.17, 15) is 5.26 Å². The van der Waals surface area contributed by atoms with E-state index in [0.717, 1.165) is 62.7 Å². The molecule has 6 aromatic rings. The van der Waals surface area contributed by atoms with Gasteiger partial charge in [0.05, 0.1) is 11.6 Å². The summed E-state index contributed by atoms with van der Waals surface area (Å²) >= 11 is 0. The number of aromatic nitrogens is 1. The summed E-state index contributed by atoms with van der Waals surface area (Å²) in [7, 11) is 0. The molecule has 4 aromatic carbocycles. The first kappa shape index (κ1) is 20.3. The lowest BCUT2D eigenvalue weighted by Crippen LogP contribution is -2.05. The Balaban J connectivity index is 1.49. The molecule has 0 saturated heterocycles. The van der Waals surface area contributed by atoms with Gasteiger partial charge in [-0.3, -0.25) is 0 Å². The number of rotatable bonds is 5. The molecule has 34 heavy (non-hydrogen) atoms. The number of aromatic amines is 1. The Morgan fingerprint density at radius 1 is 0.853 bits per heavy atom. The Kier molecular flexibility index (Phi) is 4.91. The maximum Gasteiger partial charge on any atom is 0.143 e. The molecule has 0 aliphatic carbocycles. The Hall–Kier alpha value is -4.33. The molecule has 0 bridgehead atoms. The molecule has 6 rings (SSSR count). The van der Waals surface area contributed by atoms with E-state index in [1.807, 2.05) is 36.4 Å². The van der Waals surface area contributed by atoms with Crippen molar-refractivity contribution in [1.82, 2.24) is 4.98 Å². The largest absolute Gasteiger partial charge is 0.455 e. The van der Waals surface area contributed by atoms with Gasteiger partial charge in [0, 0.05) is 39.4 Å². The molecule has 0 fully saturated rings. The van der Waals surface area contributed by atoms with Crippen LogP contribution in [0.4, 0.5) is 0 Å². The number of H-pyrrole nitrogens is 1. The van der Waals surface area contributed by atoms with Crippen molar-refractivity contribution in [3.05, 3.63) is 107 Å². The fourth-order valence-electron chi connectivity index (χ4n) is 4.98. The van der Waals surface area contributed by atoms with E-state index in [2.05, 4.69) is 59.6 Å². The third-order valence-corrected chi connectivity index (χ3v) is 6.54. The van der Waals surface area contributed by atoms with E-state index in [1.165, 1.54) is 10.9 Å². The highest BCUT2D eigenvalue weighted by Crippen LogP contribution is 2.37. The van der Waals surface area contributed by atoms with Crippen LogP contribution in [0.2, 0.25) is 0 Å². The smallest absolute Gasteiger partial charge is 0.143 e. The topological polar surface area (TPSA) is 78.7 Å². The van der Waals surface area contributed by atoms with Crippen molar-refractivity contribution in [3.63, 3.8) is 0 Å². The number of nitrogens with two attached hydrogens (primary N) is 1. The summed E-state index contributed by atoms with van der Waals surface area (Å²) in [4.78, 5) is 3.61. The Morgan fingerprint density at radius 3 is 2.59 bits per heavy atom. The van der Waals surface area contributed by atoms with Gasteiger partial charge in [0.1, 0.15) is 11.2 Å².